The number of carbonyl (C=O) groups excluding carboxylic acids is 1. The second-order valence-electron chi connectivity index (χ2n) is 19.2. The number of nitrogens with zero attached hydrogens (tertiary/aromatic N) is 2. The van der Waals surface area contributed by atoms with E-state index in [9.17, 15) is 25.2 Å². The Morgan fingerprint density at radius 3 is 2.16 bits per heavy atom. The number of aliphatic hydroxyl groups is 4. The zero-order valence-corrected chi connectivity index (χ0v) is 41.7. The Bertz CT molecular complexity index is 1460. The van der Waals surface area contributed by atoms with Crippen molar-refractivity contribution in [3.8, 4) is 0 Å². The maximum atomic E-state index is 12.5. The molecule has 7 unspecified atom stereocenters. The summed E-state index contributed by atoms with van der Waals surface area (Å²) in [7, 11) is 0. The summed E-state index contributed by atoms with van der Waals surface area (Å²) in [5.41, 5.74) is 0.104. The van der Waals surface area contributed by atoms with Crippen LogP contribution in [0.1, 0.15) is 174 Å². The van der Waals surface area contributed by atoms with E-state index in [1.807, 2.05) is 93.6 Å². The van der Waals surface area contributed by atoms with E-state index >= 15 is 0 Å². The fourth-order valence-corrected chi connectivity index (χ4v) is 9.29. The third-order valence-electron chi connectivity index (χ3n) is 13.3. The Kier molecular flexibility index (Phi) is 26.9. The summed E-state index contributed by atoms with van der Waals surface area (Å²) in [6.45, 7) is 33.6. The smallest absolute Gasteiger partial charge is 0.155 e. The number of nitrogens with one attached hydrogen (secondary N) is 1. The van der Waals surface area contributed by atoms with E-state index in [-0.39, 0.29) is 41.7 Å². The molecule has 0 spiro atoms. The molecule has 9 heteroatoms. The Morgan fingerprint density at radius 2 is 1.57 bits per heavy atom. The van der Waals surface area contributed by atoms with Gasteiger partial charge < -0.3 is 30.5 Å². The topological polar surface area (TPSA) is 135 Å². The standard InChI is InChI=1S/C38H63N3O4.C10H20O2.2C2H6/c1-9-29(5)38(8,45)36(43)30(6)41(18-12-17-39-23-31-20-33-13-10-11-14-34(33)40-24-31)25-27(3)22-37(7,44)21-26(2)19-28(4)35(42)32-15-16-32;1-4-7(2)9-5-8(3)12-10(11)6-9;2*1-2/h10-11,13-14,20,24,26-30,32,36,39,43-45H,9,12,15-19,21-23,25H2,1-8H3;7-11H,4-6H2,1-3H3;2*1-2H3/t26-,27+,28?,29+,30?,36?,37-,38+;;;/m0.../s1. The lowest BCUT2D eigenvalue weighted by atomic mass is 9.80. The summed E-state index contributed by atoms with van der Waals surface area (Å²) >= 11 is 0. The maximum absolute atomic E-state index is 12.5. The van der Waals surface area contributed by atoms with Crippen molar-refractivity contribution in [1.29, 1.82) is 0 Å². The van der Waals surface area contributed by atoms with Crippen LogP contribution in [0.3, 0.4) is 0 Å². The molecule has 5 N–H and O–H groups in total. The molecule has 1 saturated carbocycles. The average Bonchev–Trinajstić information content (AvgIpc) is 4.08. The fraction of sp³-hybridized carbons (Fsp3) is 0.808. The number of pyridine rings is 1. The molecule has 9 nitrogen and oxygen atoms in total. The van der Waals surface area contributed by atoms with Crippen LogP contribution in [0.15, 0.2) is 36.5 Å². The van der Waals surface area contributed by atoms with Gasteiger partial charge in [0.05, 0.1) is 28.9 Å². The molecule has 0 amide bonds. The number of carbonyl (C=O) groups is 1. The van der Waals surface area contributed by atoms with Crippen molar-refractivity contribution >= 4 is 16.7 Å². The van der Waals surface area contributed by atoms with E-state index < -0.39 is 23.6 Å². The molecule has 0 radical (unpaired) electrons. The number of benzene rings is 1. The zero-order valence-electron chi connectivity index (χ0n) is 41.7. The van der Waals surface area contributed by atoms with Crippen LogP contribution in [-0.2, 0) is 16.1 Å². The van der Waals surface area contributed by atoms with E-state index in [0.29, 0.717) is 37.0 Å². The lowest BCUT2D eigenvalue weighted by Gasteiger charge is -2.43. The van der Waals surface area contributed by atoms with Gasteiger partial charge in [0.25, 0.3) is 0 Å². The molecule has 1 aromatic carbocycles. The van der Waals surface area contributed by atoms with Crippen LogP contribution in [0.2, 0.25) is 0 Å². The molecule has 2 heterocycles. The minimum Gasteiger partial charge on any atom is -0.390 e. The number of para-hydroxylation sites is 1. The van der Waals surface area contributed by atoms with Crippen molar-refractivity contribution < 1.29 is 30.0 Å². The minimum atomic E-state index is -1.20. The van der Waals surface area contributed by atoms with E-state index in [0.717, 1.165) is 81.0 Å². The van der Waals surface area contributed by atoms with E-state index in [4.69, 9.17) is 4.74 Å². The van der Waals surface area contributed by atoms with Gasteiger partial charge in [0.1, 0.15) is 5.78 Å². The second-order valence-corrected chi connectivity index (χ2v) is 19.2. The molecule has 0 bridgehead atoms. The quantitative estimate of drug-likeness (QED) is 0.0692. The molecule has 2 fully saturated rings. The Balaban J connectivity index is 0.000000981. The zero-order chi connectivity index (χ0) is 46.5. The number of fused-ring (bicyclic) bond motifs is 1. The molecule has 4 rings (SSSR count). The predicted molar refractivity (Wildman–Crippen MR) is 256 cm³/mol. The van der Waals surface area contributed by atoms with Crippen molar-refractivity contribution in [2.45, 2.75) is 210 Å². The van der Waals surface area contributed by atoms with Gasteiger partial charge >= 0.3 is 0 Å². The Hall–Kier alpha value is -1.98. The van der Waals surface area contributed by atoms with Crippen LogP contribution in [-0.4, -0.2) is 91.5 Å². The van der Waals surface area contributed by atoms with E-state index in [1.54, 1.807) is 6.92 Å². The van der Waals surface area contributed by atoms with Gasteiger partial charge in [0, 0.05) is 49.0 Å². The first-order chi connectivity index (χ1) is 28.8. The lowest BCUT2D eigenvalue weighted by molar-refractivity contribution is -0.176. The highest BCUT2D eigenvalue weighted by Crippen LogP contribution is 2.36. The number of aromatic nitrogens is 1. The summed E-state index contributed by atoms with van der Waals surface area (Å²) in [5.74, 6) is 2.50. The van der Waals surface area contributed by atoms with E-state index in [2.05, 4.69) is 55.0 Å². The monoisotopic (exact) mass is 858 g/mol. The van der Waals surface area contributed by atoms with Crippen LogP contribution in [0, 0.1) is 41.4 Å². The minimum absolute atomic E-state index is 0.0390. The molecular formula is C52H95N3O6. The third kappa shape index (κ3) is 20.2. The first kappa shape index (κ1) is 57.0. The largest absolute Gasteiger partial charge is 0.390 e. The molecule has 2 aliphatic rings. The summed E-state index contributed by atoms with van der Waals surface area (Å²) in [4.78, 5) is 19.4. The molecule has 2 aromatic rings. The molecule has 1 aliphatic carbocycles. The van der Waals surface area contributed by atoms with Gasteiger partial charge in [-0.25, -0.2) is 0 Å². The third-order valence-corrected chi connectivity index (χ3v) is 13.3. The first-order valence-electron chi connectivity index (χ1n) is 24.6. The average molecular weight is 858 g/mol. The van der Waals surface area contributed by atoms with Crippen LogP contribution in [0.25, 0.3) is 10.9 Å². The number of hydrogen-bond donors (Lipinski definition) is 5. The van der Waals surface area contributed by atoms with Crippen molar-refractivity contribution in [2.24, 2.45) is 41.4 Å². The van der Waals surface area contributed by atoms with Gasteiger partial charge in [-0.15, -0.1) is 0 Å². The molecule has 61 heavy (non-hydrogen) atoms. The van der Waals surface area contributed by atoms with Gasteiger partial charge in [0.2, 0.25) is 0 Å². The Morgan fingerprint density at radius 1 is 0.951 bits per heavy atom. The highest BCUT2D eigenvalue weighted by molar-refractivity contribution is 5.85. The highest BCUT2D eigenvalue weighted by atomic mass is 16.6. The number of ether oxygens (including phenoxy) is 1. The normalized spacial score (nSPS) is 23.2. The van der Waals surface area contributed by atoms with Crippen molar-refractivity contribution in [1.82, 2.24) is 15.2 Å². The summed E-state index contributed by atoms with van der Waals surface area (Å²) in [6.07, 6.45) is 9.73. The fourth-order valence-electron chi connectivity index (χ4n) is 9.29. The number of aliphatic hydroxyl groups excluding tert-OH is 2. The van der Waals surface area contributed by atoms with Crippen LogP contribution < -0.4 is 5.32 Å². The van der Waals surface area contributed by atoms with Gasteiger partial charge in [-0.2, -0.15) is 0 Å². The highest BCUT2D eigenvalue weighted by Gasteiger charge is 2.41. The molecule has 354 valence electrons. The molecule has 1 aromatic heterocycles. The summed E-state index contributed by atoms with van der Waals surface area (Å²) in [6, 6.07) is 10.1. The maximum Gasteiger partial charge on any atom is 0.155 e. The van der Waals surface area contributed by atoms with Crippen LogP contribution in [0.4, 0.5) is 0 Å². The van der Waals surface area contributed by atoms with Crippen LogP contribution >= 0.6 is 0 Å². The molecule has 1 saturated heterocycles. The van der Waals surface area contributed by atoms with Crippen molar-refractivity contribution in [2.75, 3.05) is 19.6 Å². The summed E-state index contributed by atoms with van der Waals surface area (Å²) in [5, 5.41) is 48.2. The van der Waals surface area contributed by atoms with Gasteiger partial charge in [-0.1, -0.05) is 107 Å². The first-order valence-corrected chi connectivity index (χ1v) is 24.6. The molecule has 12 atom stereocenters. The Labute approximate surface area is 374 Å². The number of rotatable bonds is 23. The summed E-state index contributed by atoms with van der Waals surface area (Å²) < 4.78 is 5.27. The van der Waals surface area contributed by atoms with E-state index in [1.165, 1.54) is 6.42 Å². The van der Waals surface area contributed by atoms with Gasteiger partial charge in [0.15, 0.2) is 6.29 Å². The van der Waals surface area contributed by atoms with Gasteiger partial charge in [-0.3, -0.25) is 14.7 Å². The number of ketones is 1. The SMILES string of the molecule is CC.CC.CCC(C)C1CC(C)OC(O)C1.CC[C@@H](C)[C@@](C)(O)C(O)C(C)N(CCCNCc1cnc2ccccc2c1)C[C@H](C)C[C@@](C)(O)C[C@@H](C)CC(C)C(=O)C1CC1. The molecular weight excluding hydrogens is 763 g/mol. The van der Waals surface area contributed by atoms with Gasteiger partial charge in [-0.05, 0) is 133 Å². The molecule has 1 aliphatic heterocycles. The van der Waals surface area contributed by atoms with Crippen molar-refractivity contribution in [3.63, 3.8) is 0 Å². The van der Waals surface area contributed by atoms with Crippen LogP contribution in [0.5, 0.6) is 0 Å². The number of hydrogen-bond acceptors (Lipinski definition) is 9. The lowest BCUT2D eigenvalue weighted by Crippen LogP contribution is -2.56. The predicted octanol–water partition coefficient (Wildman–Crippen LogP) is 10.6. The van der Waals surface area contributed by atoms with Crippen molar-refractivity contribution in [3.05, 3.63) is 42.1 Å². The number of Topliss-reactive ketones (excluding diaryl/α,β-unsaturated/α-hetero) is 1. The second kappa shape index (κ2) is 28.7.